The highest BCUT2D eigenvalue weighted by Crippen LogP contribution is 2.21. The molecule has 1 fully saturated rings. The monoisotopic (exact) mass is 353 g/mol. The van der Waals surface area contributed by atoms with Gasteiger partial charge < -0.3 is 15.5 Å². The van der Waals surface area contributed by atoms with Gasteiger partial charge in [-0.1, -0.05) is 13.0 Å². The second-order valence-corrected chi connectivity index (χ2v) is 6.69. The lowest BCUT2D eigenvalue weighted by atomic mass is 10.0. The molecule has 1 saturated heterocycles. The molecule has 7 nitrogen and oxygen atoms in total. The first-order chi connectivity index (χ1) is 12.5. The van der Waals surface area contributed by atoms with Gasteiger partial charge in [-0.05, 0) is 49.1 Å². The molecule has 0 saturated carbocycles. The molecule has 2 N–H and O–H groups in total. The van der Waals surface area contributed by atoms with Gasteiger partial charge in [0.15, 0.2) is 11.5 Å². The zero-order valence-electron chi connectivity index (χ0n) is 15.0. The minimum atomic E-state index is -0.337. The summed E-state index contributed by atoms with van der Waals surface area (Å²) in [6.45, 7) is 5.61. The Kier molecular flexibility index (Phi) is 5.46. The number of carbonyl (C=O) groups excluding carboxylic acids is 2. The molecule has 3 rings (SSSR count). The number of carbonyl (C=O) groups is 2. The van der Waals surface area contributed by atoms with Crippen LogP contribution in [0.4, 0.5) is 17.2 Å². The zero-order chi connectivity index (χ0) is 18.5. The van der Waals surface area contributed by atoms with Crippen LogP contribution in [-0.4, -0.2) is 35.1 Å². The van der Waals surface area contributed by atoms with E-state index in [1.165, 1.54) is 13.3 Å². The van der Waals surface area contributed by atoms with Crippen LogP contribution in [-0.2, 0) is 4.79 Å². The van der Waals surface area contributed by atoms with Crippen LogP contribution in [0.15, 0.2) is 36.4 Å². The average molecular weight is 353 g/mol. The first-order valence-electron chi connectivity index (χ1n) is 8.79. The number of anilines is 3. The van der Waals surface area contributed by atoms with Gasteiger partial charge in [0.05, 0.1) is 0 Å². The Morgan fingerprint density at radius 1 is 1.12 bits per heavy atom. The van der Waals surface area contributed by atoms with Crippen molar-refractivity contribution in [3.63, 3.8) is 0 Å². The Bertz CT molecular complexity index is 791. The third-order valence-corrected chi connectivity index (χ3v) is 4.30. The molecular weight excluding hydrogens is 330 g/mol. The summed E-state index contributed by atoms with van der Waals surface area (Å²) in [5.74, 6) is 0.947. The molecule has 26 heavy (non-hydrogen) atoms. The second-order valence-electron chi connectivity index (χ2n) is 6.69. The Morgan fingerprint density at radius 2 is 1.88 bits per heavy atom. The molecule has 1 aliphatic heterocycles. The van der Waals surface area contributed by atoms with E-state index in [4.69, 9.17) is 0 Å². The minimum absolute atomic E-state index is 0.165. The number of amides is 2. The van der Waals surface area contributed by atoms with Crippen LogP contribution < -0.4 is 15.5 Å². The van der Waals surface area contributed by atoms with Gasteiger partial charge in [-0.25, -0.2) is 0 Å². The fraction of sp³-hybridized carbons (Fsp3) is 0.368. The molecule has 0 bridgehead atoms. The van der Waals surface area contributed by atoms with Gasteiger partial charge in [0.2, 0.25) is 5.91 Å². The smallest absolute Gasteiger partial charge is 0.276 e. The molecule has 7 heteroatoms. The van der Waals surface area contributed by atoms with Gasteiger partial charge in [-0.2, -0.15) is 0 Å². The SMILES string of the molecule is CC(=O)Nc1cccc(NC(=O)c2ccc(N3CCCC(C)C3)nn2)c1. The quantitative estimate of drug-likeness (QED) is 0.882. The lowest BCUT2D eigenvalue weighted by molar-refractivity contribution is -0.114. The summed E-state index contributed by atoms with van der Waals surface area (Å²) in [7, 11) is 0. The number of rotatable bonds is 4. The Balaban J connectivity index is 1.65. The lowest BCUT2D eigenvalue weighted by Gasteiger charge is -2.31. The maximum atomic E-state index is 12.4. The molecule has 2 heterocycles. The normalized spacial score (nSPS) is 16.8. The molecule has 136 valence electrons. The van der Waals surface area contributed by atoms with E-state index >= 15 is 0 Å². The molecule has 0 aliphatic carbocycles. The summed E-state index contributed by atoms with van der Waals surface area (Å²) in [6, 6.07) is 10.5. The van der Waals surface area contributed by atoms with Gasteiger partial charge in [-0.15, -0.1) is 10.2 Å². The maximum absolute atomic E-state index is 12.4. The fourth-order valence-corrected chi connectivity index (χ4v) is 3.09. The van der Waals surface area contributed by atoms with Crippen molar-refractivity contribution in [2.75, 3.05) is 28.6 Å². The minimum Gasteiger partial charge on any atom is -0.355 e. The number of hydrogen-bond acceptors (Lipinski definition) is 5. The van der Waals surface area contributed by atoms with Crippen molar-refractivity contribution in [1.29, 1.82) is 0 Å². The highest BCUT2D eigenvalue weighted by Gasteiger charge is 2.18. The zero-order valence-corrected chi connectivity index (χ0v) is 15.0. The van der Waals surface area contributed by atoms with Gasteiger partial charge in [0.1, 0.15) is 0 Å². The van der Waals surface area contributed by atoms with Gasteiger partial charge >= 0.3 is 0 Å². The molecule has 2 aromatic rings. The molecule has 1 atom stereocenters. The molecule has 1 unspecified atom stereocenters. The van der Waals surface area contributed by atoms with E-state index in [1.807, 2.05) is 6.07 Å². The van der Waals surface area contributed by atoms with Crippen LogP contribution in [0.2, 0.25) is 0 Å². The number of nitrogens with one attached hydrogen (secondary N) is 2. The molecule has 0 spiro atoms. The Labute approximate surface area is 152 Å². The third kappa shape index (κ3) is 4.56. The predicted molar refractivity (Wildman–Crippen MR) is 101 cm³/mol. The maximum Gasteiger partial charge on any atom is 0.276 e. The van der Waals surface area contributed by atoms with Crippen LogP contribution in [0.3, 0.4) is 0 Å². The van der Waals surface area contributed by atoms with Gasteiger partial charge in [0, 0.05) is 31.4 Å². The highest BCUT2D eigenvalue weighted by atomic mass is 16.2. The third-order valence-electron chi connectivity index (χ3n) is 4.30. The largest absolute Gasteiger partial charge is 0.355 e. The predicted octanol–water partition coefficient (Wildman–Crippen LogP) is 2.92. The summed E-state index contributed by atoms with van der Waals surface area (Å²) >= 11 is 0. The average Bonchev–Trinajstić information content (AvgIpc) is 2.61. The van der Waals surface area contributed by atoms with E-state index in [0.717, 1.165) is 25.3 Å². The van der Waals surface area contributed by atoms with Gasteiger partial charge in [0.25, 0.3) is 5.91 Å². The molecular formula is C19H23N5O2. The van der Waals surface area contributed by atoms with E-state index in [9.17, 15) is 9.59 Å². The van der Waals surface area contributed by atoms with Crippen molar-refractivity contribution >= 4 is 29.0 Å². The van der Waals surface area contributed by atoms with Crippen molar-refractivity contribution in [2.45, 2.75) is 26.7 Å². The standard InChI is InChI=1S/C19H23N5O2/c1-13-5-4-10-24(12-13)18-9-8-17(22-23-18)19(26)21-16-7-3-6-15(11-16)20-14(2)25/h3,6-9,11,13H,4-5,10,12H2,1-2H3,(H,20,25)(H,21,26). The highest BCUT2D eigenvalue weighted by molar-refractivity contribution is 6.03. The molecule has 1 aromatic carbocycles. The van der Waals surface area contributed by atoms with E-state index in [0.29, 0.717) is 17.3 Å². The first-order valence-corrected chi connectivity index (χ1v) is 8.79. The summed E-state index contributed by atoms with van der Waals surface area (Å²) in [6.07, 6.45) is 2.39. The molecule has 0 radical (unpaired) electrons. The summed E-state index contributed by atoms with van der Waals surface area (Å²) in [5, 5.41) is 13.7. The number of benzene rings is 1. The molecule has 2 amide bonds. The second kappa shape index (κ2) is 7.95. The lowest BCUT2D eigenvalue weighted by Crippen LogP contribution is -2.35. The van der Waals surface area contributed by atoms with E-state index in [-0.39, 0.29) is 17.5 Å². The topological polar surface area (TPSA) is 87.2 Å². The van der Waals surface area contributed by atoms with E-state index in [2.05, 4.69) is 32.7 Å². The first kappa shape index (κ1) is 17.8. The Morgan fingerprint density at radius 3 is 2.54 bits per heavy atom. The van der Waals surface area contributed by atoms with Crippen molar-refractivity contribution in [3.8, 4) is 0 Å². The van der Waals surface area contributed by atoms with E-state index < -0.39 is 0 Å². The van der Waals surface area contributed by atoms with Gasteiger partial charge in [-0.3, -0.25) is 9.59 Å². The van der Waals surface area contributed by atoms with Crippen LogP contribution >= 0.6 is 0 Å². The van der Waals surface area contributed by atoms with Crippen LogP contribution in [0, 0.1) is 5.92 Å². The van der Waals surface area contributed by atoms with Crippen molar-refractivity contribution in [3.05, 3.63) is 42.1 Å². The number of hydrogen-bond donors (Lipinski definition) is 2. The van der Waals surface area contributed by atoms with Crippen molar-refractivity contribution < 1.29 is 9.59 Å². The van der Waals surface area contributed by atoms with Crippen LogP contribution in [0.1, 0.15) is 37.2 Å². The number of nitrogens with zero attached hydrogens (tertiary/aromatic N) is 3. The van der Waals surface area contributed by atoms with Crippen molar-refractivity contribution in [2.24, 2.45) is 5.92 Å². The van der Waals surface area contributed by atoms with E-state index in [1.54, 1.807) is 30.3 Å². The summed E-state index contributed by atoms with van der Waals surface area (Å²) in [5.41, 5.74) is 1.46. The molecule has 1 aliphatic rings. The van der Waals surface area contributed by atoms with Crippen LogP contribution in [0.5, 0.6) is 0 Å². The number of piperidine rings is 1. The van der Waals surface area contributed by atoms with Crippen molar-refractivity contribution in [1.82, 2.24) is 10.2 Å². The summed E-state index contributed by atoms with van der Waals surface area (Å²) in [4.78, 5) is 25.7. The number of aromatic nitrogens is 2. The van der Waals surface area contributed by atoms with Crippen LogP contribution in [0.25, 0.3) is 0 Å². The summed E-state index contributed by atoms with van der Waals surface area (Å²) < 4.78 is 0. The Hall–Kier alpha value is -2.96. The molecule has 1 aromatic heterocycles. The fourth-order valence-electron chi connectivity index (χ4n) is 3.09.